The summed E-state index contributed by atoms with van der Waals surface area (Å²) in [6.07, 6.45) is 3.67. The van der Waals surface area contributed by atoms with Crippen LogP contribution in [0.3, 0.4) is 0 Å². The summed E-state index contributed by atoms with van der Waals surface area (Å²) in [5.41, 5.74) is 0. The third-order valence-corrected chi connectivity index (χ3v) is 2.18. The van der Waals surface area contributed by atoms with E-state index in [1.165, 1.54) is 0 Å². The number of Topliss-reactive ketones (excluding diaryl/α,β-unsaturated/α-hetero) is 1. The van der Waals surface area contributed by atoms with Gasteiger partial charge >= 0.3 is 0 Å². The first kappa shape index (κ1) is 12.4. The Hall–Kier alpha value is -0.590. The molecule has 76 valence electrons. The van der Waals surface area contributed by atoms with Crippen LogP contribution in [0.15, 0.2) is 12.7 Å². The first-order valence-electron chi connectivity index (χ1n) is 5.13. The molecule has 0 spiro atoms. The highest BCUT2D eigenvalue weighted by atomic mass is 16.1. The summed E-state index contributed by atoms with van der Waals surface area (Å²) in [7, 11) is 0. The largest absolute Gasteiger partial charge is 0.299 e. The molecule has 0 unspecified atom stereocenters. The molecule has 1 heteroatoms. The van der Waals surface area contributed by atoms with Gasteiger partial charge in [-0.1, -0.05) is 33.8 Å². The lowest BCUT2D eigenvalue weighted by molar-refractivity contribution is -0.126. The van der Waals surface area contributed by atoms with E-state index in [0.29, 0.717) is 11.7 Å². The third-order valence-electron chi connectivity index (χ3n) is 2.18. The van der Waals surface area contributed by atoms with Gasteiger partial charge in [0.05, 0.1) is 0 Å². The molecule has 1 nitrogen and oxygen atoms in total. The lowest BCUT2D eigenvalue weighted by Crippen LogP contribution is -2.21. The van der Waals surface area contributed by atoms with Gasteiger partial charge in [-0.25, -0.2) is 0 Å². The second-order valence-electron chi connectivity index (χ2n) is 4.41. The van der Waals surface area contributed by atoms with Gasteiger partial charge in [0.1, 0.15) is 5.78 Å². The minimum absolute atomic E-state index is 0.156. The summed E-state index contributed by atoms with van der Waals surface area (Å²) in [4.78, 5) is 11.7. The third kappa shape index (κ3) is 4.87. The van der Waals surface area contributed by atoms with Crippen molar-refractivity contribution in [2.45, 2.75) is 40.5 Å². The first-order chi connectivity index (χ1) is 5.99. The molecule has 0 N–H and O–H groups in total. The molecule has 0 aromatic carbocycles. The van der Waals surface area contributed by atoms with E-state index < -0.39 is 0 Å². The fourth-order valence-electron chi connectivity index (χ4n) is 1.57. The molecule has 13 heavy (non-hydrogen) atoms. The van der Waals surface area contributed by atoms with E-state index >= 15 is 0 Å². The van der Waals surface area contributed by atoms with Crippen LogP contribution >= 0.6 is 0 Å². The molecule has 0 aliphatic heterocycles. The lowest BCUT2D eigenvalue weighted by Gasteiger charge is -2.18. The number of carbonyl (C=O) groups is 1. The molecule has 0 heterocycles. The van der Waals surface area contributed by atoms with Gasteiger partial charge in [0.25, 0.3) is 0 Å². The Labute approximate surface area is 82.2 Å². The van der Waals surface area contributed by atoms with Gasteiger partial charge < -0.3 is 0 Å². The molecule has 0 aromatic heterocycles. The van der Waals surface area contributed by atoms with Crippen LogP contribution in [0, 0.1) is 17.8 Å². The van der Waals surface area contributed by atoms with Gasteiger partial charge in [-0.2, -0.15) is 0 Å². The summed E-state index contributed by atoms with van der Waals surface area (Å²) < 4.78 is 0. The SMILES string of the molecule is C=CC[C@H](CC(C)C)C(=O)C(C)C. The number of hydrogen-bond acceptors (Lipinski definition) is 1. The molecule has 0 aliphatic carbocycles. The number of allylic oxidation sites excluding steroid dienone is 1. The lowest BCUT2D eigenvalue weighted by atomic mass is 9.86. The summed E-state index contributed by atoms with van der Waals surface area (Å²) in [6, 6.07) is 0. The molecule has 0 radical (unpaired) electrons. The first-order valence-corrected chi connectivity index (χ1v) is 5.13. The maximum Gasteiger partial charge on any atom is 0.138 e. The van der Waals surface area contributed by atoms with Crippen molar-refractivity contribution in [3.8, 4) is 0 Å². The molecule has 0 aliphatic rings. The van der Waals surface area contributed by atoms with Crippen molar-refractivity contribution < 1.29 is 4.79 Å². The van der Waals surface area contributed by atoms with E-state index in [1.807, 2.05) is 19.9 Å². The van der Waals surface area contributed by atoms with Gasteiger partial charge in [-0.15, -0.1) is 6.58 Å². The van der Waals surface area contributed by atoms with E-state index in [-0.39, 0.29) is 11.8 Å². The Bertz CT molecular complexity index is 168. The maximum absolute atomic E-state index is 11.7. The van der Waals surface area contributed by atoms with Crippen molar-refractivity contribution in [1.82, 2.24) is 0 Å². The molecule has 0 aromatic rings. The highest BCUT2D eigenvalue weighted by molar-refractivity contribution is 5.82. The predicted octanol–water partition coefficient (Wildman–Crippen LogP) is 3.45. The highest BCUT2D eigenvalue weighted by Gasteiger charge is 2.20. The fraction of sp³-hybridized carbons (Fsp3) is 0.750. The van der Waals surface area contributed by atoms with Crippen molar-refractivity contribution in [3.63, 3.8) is 0 Å². The Morgan fingerprint density at radius 3 is 2.15 bits per heavy atom. The second-order valence-corrected chi connectivity index (χ2v) is 4.41. The average molecular weight is 182 g/mol. The van der Waals surface area contributed by atoms with Crippen molar-refractivity contribution in [2.24, 2.45) is 17.8 Å². The molecule has 0 fully saturated rings. The Kier molecular flexibility index (Phi) is 5.68. The zero-order valence-electron chi connectivity index (χ0n) is 9.34. The fourth-order valence-corrected chi connectivity index (χ4v) is 1.57. The van der Waals surface area contributed by atoms with Crippen molar-refractivity contribution in [1.29, 1.82) is 0 Å². The van der Waals surface area contributed by atoms with Gasteiger partial charge in [0.15, 0.2) is 0 Å². The molecule has 0 bridgehead atoms. The minimum atomic E-state index is 0.156. The van der Waals surface area contributed by atoms with Gasteiger partial charge in [0, 0.05) is 11.8 Å². The van der Waals surface area contributed by atoms with Gasteiger partial charge in [0.2, 0.25) is 0 Å². The standard InChI is InChI=1S/C12H22O/c1-6-7-11(8-9(2)3)12(13)10(4)5/h6,9-11H,1,7-8H2,2-5H3/t11-/m1/s1. The molecular weight excluding hydrogens is 160 g/mol. The molecule has 0 amide bonds. The van der Waals surface area contributed by atoms with Crippen LogP contribution in [0.2, 0.25) is 0 Å². The van der Waals surface area contributed by atoms with E-state index in [2.05, 4.69) is 20.4 Å². The summed E-state index contributed by atoms with van der Waals surface area (Å²) >= 11 is 0. The average Bonchev–Trinajstić information content (AvgIpc) is 2.01. The Morgan fingerprint density at radius 2 is 1.85 bits per heavy atom. The number of rotatable bonds is 6. The predicted molar refractivity (Wildman–Crippen MR) is 57.6 cm³/mol. The molecular formula is C12H22O. The van der Waals surface area contributed by atoms with Crippen LogP contribution in [-0.4, -0.2) is 5.78 Å². The van der Waals surface area contributed by atoms with Crippen molar-refractivity contribution >= 4 is 5.78 Å². The summed E-state index contributed by atoms with van der Waals surface area (Å²) in [6.45, 7) is 12.0. The van der Waals surface area contributed by atoms with E-state index in [0.717, 1.165) is 12.8 Å². The number of ketones is 1. The molecule has 0 saturated carbocycles. The second kappa shape index (κ2) is 5.95. The number of carbonyl (C=O) groups excluding carboxylic acids is 1. The van der Waals surface area contributed by atoms with Gasteiger partial charge in [-0.3, -0.25) is 4.79 Å². The number of hydrogen-bond donors (Lipinski definition) is 0. The van der Waals surface area contributed by atoms with Crippen LogP contribution in [0.5, 0.6) is 0 Å². The zero-order chi connectivity index (χ0) is 10.4. The van der Waals surface area contributed by atoms with Crippen LogP contribution in [-0.2, 0) is 4.79 Å². The maximum atomic E-state index is 11.7. The molecule has 0 saturated heterocycles. The van der Waals surface area contributed by atoms with Crippen LogP contribution in [0.1, 0.15) is 40.5 Å². The monoisotopic (exact) mass is 182 g/mol. The van der Waals surface area contributed by atoms with Crippen LogP contribution in [0.25, 0.3) is 0 Å². The zero-order valence-corrected chi connectivity index (χ0v) is 9.34. The van der Waals surface area contributed by atoms with E-state index in [9.17, 15) is 4.79 Å². The van der Waals surface area contributed by atoms with Crippen LogP contribution in [0.4, 0.5) is 0 Å². The van der Waals surface area contributed by atoms with Crippen molar-refractivity contribution in [2.75, 3.05) is 0 Å². The highest BCUT2D eigenvalue weighted by Crippen LogP contribution is 2.20. The topological polar surface area (TPSA) is 17.1 Å². The van der Waals surface area contributed by atoms with Crippen molar-refractivity contribution in [3.05, 3.63) is 12.7 Å². The Morgan fingerprint density at radius 1 is 1.31 bits per heavy atom. The van der Waals surface area contributed by atoms with E-state index in [1.54, 1.807) is 0 Å². The Balaban J connectivity index is 4.23. The summed E-state index contributed by atoms with van der Waals surface area (Å²) in [5, 5.41) is 0. The molecule has 0 rings (SSSR count). The normalized spacial score (nSPS) is 13.4. The smallest absolute Gasteiger partial charge is 0.138 e. The van der Waals surface area contributed by atoms with Crippen LogP contribution < -0.4 is 0 Å². The van der Waals surface area contributed by atoms with Gasteiger partial charge in [-0.05, 0) is 18.8 Å². The molecule has 1 atom stereocenters. The minimum Gasteiger partial charge on any atom is -0.299 e. The summed E-state index contributed by atoms with van der Waals surface area (Å²) in [5.74, 6) is 1.32. The quantitative estimate of drug-likeness (QED) is 0.575. The van der Waals surface area contributed by atoms with E-state index in [4.69, 9.17) is 0 Å².